The van der Waals surface area contributed by atoms with Gasteiger partial charge in [-0.1, -0.05) is 19.9 Å². The van der Waals surface area contributed by atoms with E-state index in [-0.39, 0.29) is 0 Å². The van der Waals surface area contributed by atoms with Crippen LogP contribution in [-0.2, 0) is 0 Å². The van der Waals surface area contributed by atoms with Gasteiger partial charge in [-0.15, -0.1) is 0 Å². The summed E-state index contributed by atoms with van der Waals surface area (Å²) in [6.07, 6.45) is 0. The van der Waals surface area contributed by atoms with E-state index >= 15 is 0 Å². The highest BCUT2D eigenvalue weighted by Gasteiger charge is 2.12. The van der Waals surface area contributed by atoms with E-state index in [0.717, 1.165) is 19.6 Å². The molecule has 0 aliphatic carbocycles. The number of hydrogen-bond donors (Lipinski definition) is 2. The molecule has 1 aromatic carbocycles. The topological polar surface area (TPSA) is 59.3 Å². The molecule has 0 aromatic heterocycles. The summed E-state index contributed by atoms with van der Waals surface area (Å²) in [7, 11) is 0. The number of nitrogens with one attached hydrogen (secondary N) is 1. The fourth-order valence-electron chi connectivity index (χ4n) is 1.85. The molecular formula is C14H20FN3O. The zero-order chi connectivity index (χ0) is 14.3. The van der Waals surface area contributed by atoms with Gasteiger partial charge in [0.05, 0.1) is 6.07 Å². The van der Waals surface area contributed by atoms with Crippen molar-refractivity contribution in [3.05, 3.63) is 29.6 Å². The van der Waals surface area contributed by atoms with Crippen molar-refractivity contribution in [2.75, 3.05) is 26.2 Å². The van der Waals surface area contributed by atoms with E-state index in [0.29, 0.717) is 12.1 Å². The minimum atomic E-state index is -0.705. The molecule has 0 aliphatic heterocycles. The predicted molar refractivity (Wildman–Crippen MR) is 72.2 cm³/mol. The second-order valence-corrected chi connectivity index (χ2v) is 4.25. The molecule has 5 heteroatoms. The van der Waals surface area contributed by atoms with Crippen molar-refractivity contribution < 1.29 is 9.50 Å². The average Bonchev–Trinajstić information content (AvgIpc) is 2.42. The molecule has 1 unspecified atom stereocenters. The van der Waals surface area contributed by atoms with Crippen LogP contribution in [0.25, 0.3) is 0 Å². The first-order chi connectivity index (χ1) is 9.12. The van der Waals surface area contributed by atoms with Crippen LogP contribution < -0.4 is 5.32 Å². The smallest absolute Gasteiger partial charge is 0.165 e. The number of halogens is 1. The maximum Gasteiger partial charge on any atom is 0.165 e. The quantitative estimate of drug-likeness (QED) is 0.792. The van der Waals surface area contributed by atoms with Crippen LogP contribution in [0, 0.1) is 17.1 Å². The van der Waals surface area contributed by atoms with E-state index in [4.69, 9.17) is 10.4 Å². The normalized spacial score (nSPS) is 12.4. The van der Waals surface area contributed by atoms with Crippen molar-refractivity contribution >= 4 is 0 Å². The molecule has 19 heavy (non-hydrogen) atoms. The summed E-state index contributed by atoms with van der Waals surface area (Å²) < 4.78 is 13.2. The number of nitrogens with zero attached hydrogens (tertiary/aromatic N) is 2. The van der Waals surface area contributed by atoms with Crippen molar-refractivity contribution in [1.29, 1.82) is 5.26 Å². The van der Waals surface area contributed by atoms with Gasteiger partial charge in [0, 0.05) is 13.1 Å². The molecule has 0 amide bonds. The molecule has 4 nitrogen and oxygen atoms in total. The Kier molecular flexibility index (Phi) is 6.26. The van der Waals surface area contributed by atoms with E-state index < -0.39 is 17.6 Å². The van der Waals surface area contributed by atoms with E-state index in [9.17, 15) is 4.39 Å². The lowest BCUT2D eigenvalue weighted by Crippen LogP contribution is -2.33. The van der Waals surface area contributed by atoms with Crippen LogP contribution >= 0.6 is 0 Å². The van der Waals surface area contributed by atoms with Gasteiger partial charge in [0.15, 0.2) is 11.6 Å². The lowest BCUT2D eigenvalue weighted by atomic mass is 10.1. The lowest BCUT2D eigenvalue weighted by Gasteiger charge is -2.19. The third kappa shape index (κ3) is 4.51. The zero-order valence-electron chi connectivity index (χ0n) is 11.4. The predicted octanol–water partition coefficient (Wildman–Crippen LogP) is 2.03. The van der Waals surface area contributed by atoms with Crippen molar-refractivity contribution in [3.8, 4) is 11.8 Å². The average molecular weight is 265 g/mol. The van der Waals surface area contributed by atoms with Gasteiger partial charge in [-0.2, -0.15) is 5.26 Å². The van der Waals surface area contributed by atoms with Crippen molar-refractivity contribution in [3.63, 3.8) is 0 Å². The number of phenolic OH excluding ortho intramolecular Hbond substituents is 1. The molecule has 0 heterocycles. The molecule has 1 atom stereocenters. The van der Waals surface area contributed by atoms with Crippen LogP contribution in [0.3, 0.4) is 0 Å². The molecule has 1 aromatic rings. The number of likely N-dealkylation sites (N-methyl/N-ethyl adjacent to an activating group) is 1. The van der Waals surface area contributed by atoms with Gasteiger partial charge in [-0.25, -0.2) is 4.39 Å². The number of nitriles is 1. The molecule has 0 spiro atoms. The zero-order valence-corrected chi connectivity index (χ0v) is 11.4. The van der Waals surface area contributed by atoms with E-state index in [1.807, 2.05) is 0 Å². The third-order valence-electron chi connectivity index (χ3n) is 3.11. The van der Waals surface area contributed by atoms with E-state index in [1.54, 1.807) is 6.07 Å². The molecule has 2 N–H and O–H groups in total. The number of phenols is 1. The lowest BCUT2D eigenvalue weighted by molar-refractivity contribution is 0.300. The summed E-state index contributed by atoms with van der Waals surface area (Å²) in [5.74, 6) is -1.10. The Hall–Kier alpha value is -1.64. The second-order valence-electron chi connectivity index (χ2n) is 4.25. The Morgan fingerprint density at radius 2 is 2.11 bits per heavy atom. The third-order valence-corrected chi connectivity index (χ3v) is 3.11. The molecule has 104 valence electrons. The first-order valence-electron chi connectivity index (χ1n) is 6.46. The molecule has 0 fully saturated rings. The number of aromatic hydroxyl groups is 1. The van der Waals surface area contributed by atoms with Crippen LogP contribution in [0.4, 0.5) is 4.39 Å². The maximum atomic E-state index is 13.2. The van der Waals surface area contributed by atoms with Crippen molar-refractivity contribution in [2.24, 2.45) is 0 Å². The van der Waals surface area contributed by atoms with Gasteiger partial charge in [0.2, 0.25) is 0 Å². The summed E-state index contributed by atoms with van der Waals surface area (Å²) >= 11 is 0. The number of benzene rings is 1. The minimum absolute atomic E-state index is 0.399. The first kappa shape index (κ1) is 15.4. The minimum Gasteiger partial charge on any atom is -0.505 e. The fraction of sp³-hybridized carbons (Fsp3) is 0.500. The fourth-order valence-corrected chi connectivity index (χ4v) is 1.85. The van der Waals surface area contributed by atoms with Crippen LogP contribution in [0.2, 0.25) is 0 Å². The summed E-state index contributed by atoms with van der Waals surface area (Å²) in [6, 6.07) is 5.54. The van der Waals surface area contributed by atoms with Crippen LogP contribution in [0.5, 0.6) is 5.75 Å². The highest BCUT2D eigenvalue weighted by Crippen LogP contribution is 2.20. The number of hydrogen-bond acceptors (Lipinski definition) is 4. The van der Waals surface area contributed by atoms with Crippen LogP contribution in [0.1, 0.15) is 25.5 Å². The SMILES string of the molecule is CCN(CC)CCNC(C#N)c1ccc(O)c(F)c1. The summed E-state index contributed by atoms with van der Waals surface area (Å²) in [6.45, 7) is 7.59. The van der Waals surface area contributed by atoms with Gasteiger partial charge in [-0.3, -0.25) is 5.32 Å². The van der Waals surface area contributed by atoms with Crippen LogP contribution in [-0.4, -0.2) is 36.2 Å². The highest BCUT2D eigenvalue weighted by atomic mass is 19.1. The molecular weight excluding hydrogens is 245 g/mol. The van der Waals surface area contributed by atoms with Crippen molar-refractivity contribution in [1.82, 2.24) is 10.2 Å². The molecule has 0 radical (unpaired) electrons. The van der Waals surface area contributed by atoms with Gasteiger partial charge in [0.25, 0.3) is 0 Å². The Bertz CT molecular complexity index is 441. The largest absolute Gasteiger partial charge is 0.505 e. The summed E-state index contributed by atoms with van der Waals surface area (Å²) in [4.78, 5) is 2.23. The van der Waals surface area contributed by atoms with Gasteiger partial charge >= 0.3 is 0 Å². The summed E-state index contributed by atoms with van der Waals surface area (Å²) in [5.41, 5.74) is 0.525. The molecule has 0 saturated carbocycles. The van der Waals surface area contributed by atoms with E-state index in [1.165, 1.54) is 12.1 Å². The molecule has 0 saturated heterocycles. The van der Waals surface area contributed by atoms with Crippen molar-refractivity contribution in [2.45, 2.75) is 19.9 Å². The maximum absolute atomic E-state index is 13.2. The monoisotopic (exact) mass is 265 g/mol. The number of rotatable bonds is 7. The summed E-state index contributed by atoms with van der Waals surface area (Å²) in [5, 5.41) is 21.3. The Morgan fingerprint density at radius 1 is 1.42 bits per heavy atom. The molecule has 1 rings (SSSR count). The Labute approximate surface area is 113 Å². The van der Waals surface area contributed by atoms with E-state index in [2.05, 4.69) is 30.1 Å². The second kappa shape index (κ2) is 7.72. The van der Waals surface area contributed by atoms with Gasteiger partial charge < -0.3 is 10.0 Å². The highest BCUT2D eigenvalue weighted by molar-refractivity contribution is 5.32. The van der Waals surface area contributed by atoms with Gasteiger partial charge in [-0.05, 0) is 30.8 Å². The standard InChI is InChI=1S/C14H20FN3O/c1-3-18(4-2)8-7-17-13(10-16)11-5-6-14(19)12(15)9-11/h5-6,9,13,17,19H,3-4,7-8H2,1-2H3. The van der Waals surface area contributed by atoms with Crippen LogP contribution in [0.15, 0.2) is 18.2 Å². The molecule has 0 bridgehead atoms. The Balaban J connectivity index is 2.59. The molecule has 0 aliphatic rings. The first-order valence-corrected chi connectivity index (χ1v) is 6.46. The Morgan fingerprint density at radius 3 is 2.63 bits per heavy atom. The van der Waals surface area contributed by atoms with Gasteiger partial charge in [0.1, 0.15) is 6.04 Å².